The van der Waals surface area contributed by atoms with Crippen molar-refractivity contribution >= 4 is 31.6 Å². The van der Waals surface area contributed by atoms with E-state index in [9.17, 15) is 0 Å². The van der Waals surface area contributed by atoms with Crippen LogP contribution >= 0.6 is 11.3 Å². The third-order valence-corrected chi connectivity index (χ3v) is 13.7. The van der Waals surface area contributed by atoms with Crippen LogP contribution in [0.15, 0.2) is 225 Å². The summed E-state index contributed by atoms with van der Waals surface area (Å²) < 4.78 is 2.38. The van der Waals surface area contributed by atoms with E-state index in [-0.39, 0.29) is 0 Å². The zero-order chi connectivity index (χ0) is 41.0. The predicted octanol–water partition coefficient (Wildman–Crippen LogP) is 14.9. The van der Waals surface area contributed by atoms with Crippen LogP contribution in [0.4, 0.5) is 0 Å². The van der Waals surface area contributed by atoms with Gasteiger partial charge in [0.05, 0.1) is 27.0 Å². The molecule has 3 nitrogen and oxygen atoms in total. The maximum absolute atomic E-state index is 5.43. The van der Waals surface area contributed by atoms with Gasteiger partial charge in [0.15, 0.2) is 5.82 Å². The van der Waals surface area contributed by atoms with E-state index in [4.69, 9.17) is 15.0 Å². The fraction of sp³-hybridized carbons (Fsp3) is 0.0172. The molecule has 290 valence electrons. The average molecular weight is 808 g/mol. The van der Waals surface area contributed by atoms with Crippen molar-refractivity contribution in [1.29, 1.82) is 0 Å². The Kier molecular flexibility index (Phi) is 8.58. The van der Waals surface area contributed by atoms with Crippen molar-refractivity contribution in [1.82, 2.24) is 15.0 Å². The molecule has 0 amide bonds. The van der Waals surface area contributed by atoms with E-state index in [1.165, 1.54) is 49.0 Å². The number of nitrogens with zero attached hydrogens (tertiary/aromatic N) is 3. The maximum Gasteiger partial charge on any atom is 0.160 e. The van der Waals surface area contributed by atoms with Crippen LogP contribution in [0.1, 0.15) is 22.3 Å². The van der Waals surface area contributed by atoms with Gasteiger partial charge in [0, 0.05) is 38.5 Å². The summed E-state index contributed by atoms with van der Waals surface area (Å²) >= 11 is 1.80. The van der Waals surface area contributed by atoms with Crippen LogP contribution in [0.3, 0.4) is 0 Å². The topological polar surface area (TPSA) is 38.7 Å². The molecule has 0 atom stereocenters. The molecule has 3 heterocycles. The summed E-state index contributed by atoms with van der Waals surface area (Å²) in [5.41, 5.74) is 17.4. The number of benzene rings is 8. The van der Waals surface area contributed by atoms with E-state index < -0.39 is 5.41 Å². The van der Waals surface area contributed by atoms with E-state index in [0.717, 1.165) is 55.0 Å². The summed E-state index contributed by atoms with van der Waals surface area (Å²) in [5.74, 6) is 0.685. The Balaban J connectivity index is 1.15. The first kappa shape index (κ1) is 36.1. The van der Waals surface area contributed by atoms with Crippen LogP contribution in [0.5, 0.6) is 0 Å². The number of thiophene rings is 1. The van der Waals surface area contributed by atoms with Gasteiger partial charge in [-0.15, -0.1) is 11.3 Å². The zero-order valence-corrected chi connectivity index (χ0v) is 34.4. The summed E-state index contributed by atoms with van der Waals surface area (Å²) in [6, 6.07) is 78.5. The van der Waals surface area contributed by atoms with Gasteiger partial charge in [-0.2, -0.15) is 0 Å². The predicted molar refractivity (Wildman–Crippen MR) is 257 cm³/mol. The van der Waals surface area contributed by atoms with Gasteiger partial charge < -0.3 is 0 Å². The lowest BCUT2D eigenvalue weighted by molar-refractivity contribution is 0.768. The minimum Gasteiger partial charge on any atom is -0.255 e. The molecule has 4 heteroatoms. The monoisotopic (exact) mass is 807 g/mol. The van der Waals surface area contributed by atoms with Crippen LogP contribution < -0.4 is 0 Å². The molecule has 0 unspecified atom stereocenters. The van der Waals surface area contributed by atoms with Crippen LogP contribution in [-0.4, -0.2) is 15.0 Å². The standard InChI is InChI=1S/C58H37N3S/c1-5-18-38(19-6-1)51-37-52(61-57(60-51)39-20-7-2-8-21-39)48-36-40(32-33-44(48)45-34-35-59-55-47-27-14-16-31-53(47)62-56(45)55)43-28-17-30-50-54(43)46-26-13-15-29-49(46)58(50,41-22-9-3-10-23-41)42-24-11-4-12-25-42/h1-37H. The Hall–Kier alpha value is -7.79. The molecular weight excluding hydrogens is 771 g/mol. The van der Waals surface area contributed by atoms with Crippen LogP contribution in [-0.2, 0) is 5.41 Å². The molecule has 1 aliphatic carbocycles. The summed E-state index contributed by atoms with van der Waals surface area (Å²) in [6.45, 7) is 0. The number of fused-ring (bicyclic) bond motifs is 6. The van der Waals surface area contributed by atoms with Crippen molar-refractivity contribution in [3.63, 3.8) is 0 Å². The minimum absolute atomic E-state index is 0.501. The molecule has 3 aromatic heterocycles. The van der Waals surface area contributed by atoms with Gasteiger partial charge in [-0.1, -0.05) is 194 Å². The van der Waals surface area contributed by atoms with Gasteiger partial charge in [0.2, 0.25) is 0 Å². The molecule has 12 rings (SSSR count). The van der Waals surface area contributed by atoms with E-state index in [2.05, 4.69) is 194 Å². The number of rotatable bonds is 7. The lowest BCUT2D eigenvalue weighted by Crippen LogP contribution is -2.28. The number of pyridine rings is 1. The molecule has 0 aliphatic heterocycles. The summed E-state index contributed by atoms with van der Waals surface area (Å²) in [7, 11) is 0. The molecule has 0 bridgehead atoms. The second kappa shape index (κ2) is 14.7. The van der Waals surface area contributed by atoms with Gasteiger partial charge in [0.1, 0.15) is 0 Å². The van der Waals surface area contributed by atoms with Gasteiger partial charge in [0.25, 0.3) is 0 Å². The fourth-order valence-electron chi connectivity index (χ4n) is 9.77. The molecule has 1 aliphatic rings. The van der Waals surface area contributed by atoms with Gasteiger partial charge in [-0.25, -0.2) is 9.97 Å². The van der Waals surface area contributed by atoms with Crippen LogP contribution in [0.25, 0.3) is 87.6 Å². The van der Waals surface area contributed by atoms with E-state index in [0.29, 0.717) is 5.82 Å². The Labute approximate surface area is 364 Å². The molecular formula is C58H37N3S. The molecule has 8 aromatic carbocycles. The maximum atomic E-state index is 5.43. The number of hydrogen-bond acceptors (Lipinski definition) is 4. The Morgan fingerprint density at radius 3 is 1.76 bits per heavy atom. The van der Waals surface area contributed by atoms with Crippen molar-refractivity contribution in [2.45, 2.75) is 5.41 Å². The van der Waals surface area contributed by atoms with Gasteiger partial charge in [-0.05, 0) is 74.3 Å². The molecule has 0 saturated carbocycles. The highest BCUT2D eigenvalue weighted by atomic mass is 32.1. The van der Waals surface area contributed by atoms with Crippen molar-refractivity contribution in [3.05, 3.63) is 247 Å². The Morgan fingerprint density at radius 1 is 0.387 bits per heavy atom. The zero-order valence-electron chi connectivity index (χ0n) is 33.6. The molecule has 0 fully saturated rings. The second-order valence-corrected chi connectivity index (χ2v) is 16.9. The highest BCUT2D eigenvalue weighted by Crippen LogP contribution is 2.58. The summed E-state index contributed by atoms with van der Waals surface area (Å²) in [5, 5.41) is 1.17. The first-order valence-corrected chi connectivity index (χ1v) is 21.8. The summed E-state index contributed by atoms with van der Waals surface area (Å²) in [6.07, 6.45) is 1.95. The molecule has 0 spiro atoms. The molecule has 0 N–H and O–H groups in total. The van der Waals surface area contributed by atoms with Crippen LogP contribution in [0.2, 0.25) is 0 Å². The highest BCUT2D eigenvalue weighted by Gasteiger charge is 2.46. The van der Waals surface area contributed by atoms with Crippen molar-refractivity contribution in [3.8, 4) is 67.3 Å². The Morgan fingerprint density at radius 2 is 1.00 bits per heavy atom. The molecule has 62 heavy (non-hydrogen) atoms. The van der Waals surface area contributed by atoms with Crippen LogP contribution in [0, 0.1) is 0 Å². The third-order valence-electron chi connectivity index (χ3n) is 12.5. The normalized spacial score (nSPS) is 12.6. The van der Waals surface area contributed by atoms with Crippen molar-refractivity contribution < 1.29 is 0 Å². The minimum atomic E-state index is -0.501. The number of hydrogen-bond donors (Lipinski definition) is 0. The molecule has 11 aromatic rings. The first-order chi connectivity index (χ1) is 30.8. The third kappa shape index (κ3) is 5.68. The highest BCUT2D eigenvalue weighted by molar-refractivity contribution is 7.26. The molecule has 0 saturated heterocycles. The van der Waals surface area contributed by atoms with E-state index in [1.54, 1.807) is 11.3 Å². The lowest BCUT2D eigenvalue weighted by Gasteiger charge is -2.34. The van der Waals surface area contributed by atoms with Crippen molar-refractivity contribution in [2.24, 2.45) is 0 Å². The fourth-order valence-corrected chi connectivity index (χ4v) is 11.0. The molecule has 0 radical (unpaired) electrons. The average Bonchev–Trinajstić information content (AvgIpc) is 3.89. The van der Waals surface area contributed by atoms with Gasteiger partial charge in [-0.3, -0.25) is 4.98 Å². The Bertz CT molecular complexity index is 3350. The van der Waals surface area contributed by atoms with E-state index in [1.807, 2.05) is 30.5 Å². The van der Waals surface area contributed by atoms with Crippen molar-refractivity contribution in [2.75, 3.05) is 0 Å². The number of aromatic nitrogens is 3. The van der Waals surface area contributed by atoms with Gasteiger partial charge >= 0.3 is 0 Å². The lowest BCUT2D eigenvalue weighted by atomic mass is 9.67. The summed E-state index contributed by atoms with van der Waals surface area (Å²) in [4.78, 5) is 15.6. The first-order valence-electron chi connectivity index (χ1n) is 21.0. The second-order valence-electron chi connectivity index (χ2n) is 15.8. The smallest absolute Gasteiger partial charge is 0.160 e. The SMILES string of the molecule is c1ccc(-c2cc(-c3cc(-c4cccc5c4-c4ccccc4C5(c4ccccc4)c4ccccc4)ccc3-c3ccnc4c3sc3ccccc34)nc(-c3ccccc3)n2)cc1. The quantitative estimate of drug-likeness (QED) is 0.161. The van der Waals surface area contributed by atoms with E-state index >= 15 is 0 Å². The largest absolute Gasteiger partial charge is 0.255 e.